The van der Waals surface area contributed by atoms with Gasteiger partial charge in [0.1, 0.15) is 6.10 Å². The van der Waals surface area contributed by atoms with Gasteiger partial charge in [0.15, 0.2) is 11.6 Å². The molecular formula is C12H9Cl3FN3O. The Labute approximate surface area is 129 Å². The van der Waals surface area contributed by atoms with E-state index in [-0.39, 0.29) is 16.9 Å². The van der Waals surface area contributed by atoms with Crippen LogP contribution in [0.5, 0.6) is 6.01 Å². The molecule has 1 aromatic heterocycles. The Morgan fingerprint density at radius 2 is 1.90 bits per heavy atom. The van der Waals surface area contributed by atoms with E-state index in [1.165, 1.54) is 0 Å². The normalized spacial score (nSPS) is 12.2. The fourth-order valence-electron chi connectivity index (χ4n) is 1.55. The Morgan fingerprint density at radius 3 is 2.55 bits per heavy atom. The van der Waals surface area contributed by atoms with Gasteiger partial charge in [0.25, 0.3) is 0 Å². The van der Waals surface area contributed by atoms with Crippen molar-refractivity contribution in [2.24, 2.45) is 0 Å². The highest BCUT2D eigenvalue weighted by Crippen LogP contribution is 2.36. The lowest BCUT2D eigenvalue weighted by atomic mass is 10.1. The van der Waals surface area contributed by atoms with Crippen LogP contribution in [0.15, 0.2) is 18.3 Å². The molecular weight excluding hydrogens is 328 g/mol. The summed E-state index contributed by atoms with van der Waals surface area (Å²) in [5.41, 5.74) is 5.83. The number of anilines is 1. The molecule has 0 saturated heterocycles. The molecule has 1 aromatic carbocycles. The van der Waals surface area contributed by atoms with Gasteiger partial charge in [-0.3, -0.25) is 0 Å². The van der Waals surface area contributed by atoms with Crippen molar-refractivity contribution >= 4 is 40.6 Å². The summed E-state index contributed by atoms with van der Waals surface area (Å²) in [4.78, 5) is 7.35. The van der Waals surface area contributed by atoms with E-state index in [1.54, 1.807) is 19.1 Å². The van der Waals surface area contributed by atoms with Crippen molar-refractivity contribution in [1.29, 1.82) is 0 Å². The second-order valence-corrected chi connectivity index (χ2v) is 5.10. The Morgan fingerprint density at radius 1 is 1.25 bits per heavy atom. The highest BCUT2D eigenvalue weighted by Gasteiger charge is 2.19. The summed E-state index contributed by atoms with van der Waals surface area (Å²) in [5, 5.41) is 1.02. The lowest BCUT2D eigenvalue weighted by Crippen LogP contribution is -2.09. The maximum Gasteiger partial charge on any atom is 0.319 e. The maximum absolute atomic E-state index is 13.0. The number of nitrogens with zero attached hydrogens (tertiary/aromatic N) is 2. The second-order valence-electron chi connectivity index (χ2n) is 3.90. The van der Waals surface area contributed by atoms with Gasteiger partial charge in [-0.2, -0.15) is 4.98 Å². The lowest BCUT2D eigenvalue weighted by molar-refractivity contribution is 0.207. The van der Waals surface area contributed by atoms with Crippen LogP contribution in [0.25, 0.3) is 0 Å². The second kappa shape index (κ2) is 5.99. The predicted octanol–water partition coefficient (Wildman–Crippen LogP) is 4.30. The van der Waals surface area contributed by atoms with Crippen LogP contribution in [0.4, 0.5) is 10.2 Å². The van der Waals surface area contributed by atoms with Crippen molar-refractivity contribution in [3.63, 3.8) is 0 Å². The van der Waals surface area contributed by atoms with E-state index in [0.717, 1.165) is 6.20 Å². The number of benzene rings is 1. The van der Waals surface area contributed by atoms with E-state index in [1.807, 2.05) is 0 Å². The maximum atomic E-state index is 13.0. The van der Waals surface area contributed by atoms with Crippen LogP contribution in [0, 0.1) is 5.82 Å². The van der Waals surface area contributed by atoms with E-state index in [0.29, 0.717) is 15.6 Å². The number of halogens is 4. The minimum Gasteiger partial charge on any atom is -0.455 e. The minimum atomic E-state index is -0.719. The molecule has 2 rings (SSSR count). The molecule has 0 bridgehead atoms. The van der Waals surface area contributed by atoms with Gasteiger partial charge in [-0.1, -0.05) is 34.8 Å². The topological polar surface area (TPSA) is 61.0 Å². The van der Waals surface area contributed by atoms with E-state index in [9.17, 15) is 4.39 Å². The minimum absolute atomic E-state index is 0.0801. The highest BCUT2D eigenvalue weighted by molar-refractivity contribution is 6.44. The molecule has 1 heterocycles. The number of hydrogen-bond donors (Lipinski definition) is 1. The molecule has 1 atom stereocenters. The van der Waals surface area contributed by atoms with Crippen molar-refractivity contribution in [2.75, 3.05) is 5.73 Å². The monoisotopic (exact) mass is 335 g/mol. The first-order valence-electron chi connectivity index (χ1n) is 5.48. The predicted molar refractivity (Wildman–Crippen MR) is 76.9 cm³/mol. The molecule has 106 valence electrons. The van der Waals surface area contributed by atoms with Crippen LogP contribution < -0.4 is 10.5 Å². The average molecular weight is 337 g/mol. The summed E-state index contributed by atoms with van der Waals surface area (Å²) in [6, 6.07) is 3.10. The average Bonchev–Trinajstić information content (AvgIpc) is 2.39. The molecule has 0 aliphatic rings. The van der Waals surface area contributed by atoms with Gasteiger partial charge in [-0.05, 0) is 19.1 Å². The summed E-state index contributed by atoms with van der Waals surface area (Å²) < 4.78 is 18.4. The number of ether oxygens (including phenoxy) is 1. The molecule has 8 heteroatoms. The van der Waals surface area contributed by atoms with Gasteiger partial charge in [-0.15, -0.1) is 0 Å². The molecule has 0 saturated carbocycles. The zero-order valence-electron chi connectivity index (χ0n) is 10.2. The molecule has 2 aromatic rings. The zero-order chi connectivity index (χ0) is 14.9. The van der Waals surface area contributed by atoms with Crippen LogP contribution in [0.1, 0.15) is 18.6 Å². The molecule has 0 spiro atoms. The summed E-state index contributed by atoms with van der Waals surface area (Å²) in [5.74, 6) is -1.02. The smallest absolute Gasteiger partial charge is 0.319 e. The summed E-state index contributed by atoms with van der Waals surface area (Å²) in [6.07, 6.45) is 0.338. The molecule has 1 unspecified atom stereocenters. The van der Waals surface area contributed by atoms with E-state index in [2.05, 4.69) is 9.97 Å². The third kappa shape index (κ3) is 3.06. The fraction of sp³-hybridized carbons (Fsp3) is 0.167. The first kappa shape index (κ1) is 15.1. The van der Waals surface area contributed by atoms with Crippen molar-refractivity contribution < 1.29 is 9.13 Å². The number of aromatic nitrogens is 2. The standard InChI is InChI=1S/C12H9Cl3FN3O/c1-5(9-6(13)2-3-7(14)10(9)15)20-12-18-4-8(16)11(17)19-12/h2-5H,1H3,(H2,17,18,19). The van der Waals surface area contributed by atoms with Crippen molar-refractivity contribution in [3.8, 4) is 6.01 Å². The lowest BCUT2D eigenvalue weighted by Gasteiger charge is -2.17. The highest BCUT2D eigenvalue weighted by atomic mass is 35.5. The Balaban J connectivity index is 2.30. The number of nitrogens with two attached hydrogens (primary N) is 1. The Bertz CT molecular complexity index is 654. The number of nitrogen functional groups attached to an aromatic ring is 1. The van der Waals surface area contributed by atoms with Crippen LogP contribution in [-0.4, -0.2) is 9.97 Å². The van der Waals surface area contributed by atoms with E-state index in [4.69, 9.17) is 45.3 Å². The molecule has 0 amide bonds. The number of rotatable bonds is 3. The van der Waals surface area contributed by atoms with Crippen LogP contribution in [0.2, 0.25) is 15.1 Å². The molecule has 4 nitrogen and oxygen atoms in total. The molecule has 2 N–H and O–H groups in total. The molecule has 0 fully saturated rings. The van der Waals surface area contributed by atoms with Gasteiger partial charge < -0.3 is 10.5 Å². The van der Waals surface area contributed by atoms with Crippen molar-refractivity contribution in [3.05, 3.63) is 44.8 Å². The SMILES string of the molecule is CC(Oc1ncc(F)c(N)n1)c1c(Cl)ccc(Cl)c1Cl. The third-order valence-corrected chi connectivity index (χ3v) is 3.67. The largest absolute Gasteiger partial charge is 0.455 e. The zero-order valence-corrected chi connectivity index (χ0v) is 12.5. The first-order valence-corrected chi connectivity index (χ1v) is 6.61. The van der Waals surface area contributed by atoms with Gasteiger partial charge in [0.2, 0.25) is 0 Å². The molecule has 0 radical (unpaired) electrons. The van der Waals surface area contributed by atoms with Crippen molar-refractivity contribution in [1.82, 2.24) is 9.97 Å². The van der Waals surface area contributed by atoms with Crippen LogP contribution >= 0.6 is 34.8 Å². The summed E-state index contributed by atoms with van der Waals surface area (Å²) in [7, 11) is 0. The molecule has 20 heavy (non-hydrogen) atoms. The van der Waals surface area contributed by atoms with E-state index >= 15 is 0 Å². The summed E-state index contributed by atoms with van der Waals surface area (Å²) >= 11 is 18.1. The van der Waals surface area contributed by atoms with Crippen molar-refractivity contribution in [2.45, 2.75) is 13.0 Å². The van der Waals surface area contributed by atoms with E-state index < -0.39 is 11.9 Å². The third-order valence-electron chi connectivity index (χ3n) is 2.52. The first-order chi connectivity index (χ1) is 9.40. The van der Waals surface area contributed by atoms with Gasteiger partial charge in [-0.25, -0.2) is 9.37 Å². The molecule has 0 aliphatic carbocycles. The number of hydrogen-bond acceptors (Lipinski definition) is 4. The summed E-state index contributed by atoms with van der Waals surface area (Å²) in [6.45, 7) is 1.69. The molecule has 0 aliphatic heterocycles. The van der Waals surface area contributed by atoms with Crippen LogP contribution in [-0.2, 0) is 0 Å². The van der Waals surface area contributed by atoms with Gasteiger partial charge in [0.05, 0.1) is 16.2 Å². The van der Waals surface area contributed by atoms with Gasteiger partial charge >= 0.3 is 6.01 Å². The Kier molecular flexibility index (Phi) is 4.52. The van der Waals surface area contributed by atoms with Crippen LogP contribution in [0.3, 0.4) is 0 Å². The Hall–Kier alpha value is -1.30. The van der Waals surface area contributed by atoms with Gasteiger partial charge in [0, 0.05) is 10.6 Å². The quantitative estimate of drug-likeness (QED) is 0.849. The fourth-order valence-corrected chi connectivity index (χ4v) is 2.40.